The third kappa shape index (κ3) is 6.19. The van der Waals surface area contributed by atoms with Gasteiger partial charge in [0.25, 0.3) is 10.0 Å². The molecule has 29 heavy (non-hydrogen) atoms. The van der Waals surface area contributed by atoms with Gasteiger partial charge in [0, 0.05) is 31.4 Å². The molecule has 1 fully saturated rings. The van der Waals surface area contributed by atoms with Crippen molar-refractivity contribution in [3.63, 3.8) is 0 Å². The first-order chi connectivity index (χ1) is 13.3. The summed E-state index contributed by atoms with van der Waals surface area (Å²) in [5.41, 5.74) is 2.44. The first-order valence-electron chi connectivity index (χ1n) is 8.99. The Morgan fingerprint density at radius 1 is 1.14 bits per heavy atom. The minimum absolute atomic E-state index is 0. The number of nitrogens with zero attached hydrogens (tertiary/aromatic N) is 1. The number of halogens is 3. The van der Waals surface area contributed by atoms with E-state index in [9.17, 15) is 17.2 Å². The maximum Gasteiger partial charge on any atom is 0.387 e. The normalized spacial score (nSPS) is 14.8. The van der Waals surface area contributed by atoms with Crippen molar-refractivity contribution in [2.45, 2.75) is 24.9 Å². The predicted molar refractivity (Wildman–Crippen MR) is 112 cm³/mol. The van der Waals surface area contributed by atoms with Gasteiger partial charge in [0.05, 0.1) is 10.6 Å². The molecule has 0 unspecified atom stereocenters. The highest BCUT2D eigenvalue weighted by atomic mass is 35.5. The third-order valence-corrected chi connectivity index (χ3v) is 5.86. The number of rotatable bonds is 6. The molecule has 6 nitrogen and oxygen atoms in total. The Morgan fingerprint density at radius 2 is 1.93 bits per heavy atom. The molecule has 1 heterocycles. The van der Waals surface area contributed by atoms with E-state index in [1.165, 1.54) is 18.2 Å². The molecule has 10 heteroatoms. The lowest BCUT2D eigenvalue weighted by atomic mass is 10.1. The quantitative estimate of drug-likeness (QED) is 0.707. The average molecular weight is 448 g/mol. The van der Waals surface area contributed by atoms with E-state index in [0.29, 0.717) is 5.69 Å². The minimum Gasteiger partial charge on any atom is -0.435 e. The van der Waals surface area contributed by atoms with Gasteiger partial charge in [0.1, 0.15) is 5.75 Å². The molecule has 3 rings (SSSR count). The van der Waals surface area contributed by atoms with E-state index in [0.717, 1.165) is 49.9 Å². The zero-order valence-electron chi connectivity index (χ0n) is 15.9. The molecule has 160 valence electrons. The van der Waals surface area contributed by atoms with Gasteiger partial charge in [-0.1, -0.05) is 12.1 Å². The van der Waals surface area contributed by atoms with E-state index < -0.39 is 16.6 Å². The fourth-order valence-electron chi connectivity index (χ4n) is 3.13. The molecule has 0 amide bonds. The molecular formula is C19H24ClF2N3O3S. The van der Waals surface area contributed by atoms with Crippen LogP contribution in [0.3, 0.4) is 0 Å². The number of aryl methyl sites for hydroxylation is 1. The molecule has 0 saturated carbocycles. The molecule has 0 aliphatic carbocycles. The van der Waals surface area contributed by atoms with Crippen molar-refractivity contribution < 1.29 is 21.9 Å². The number of hydrogen-bond acceptors (Lipinski definition) is 5. The van der Waals surface area contributed by atoms with Crippen LogP contribution in [-0.2, 0) is 10.0 Å². The van der Waals surface area contributed by atoms with Crippen LogP contribution in [-0.4, -0.2) is 41.2 Å². The molecule has 1 aliphatic heterocycles. The van der Waals surface area contributed by atoms with E-state index >= 15 is 0 Å². The second kappa shape index (κ2) is 10.1. The van der Waals surface area contributed by atoms with Gasteiger partial charge in [-0.2, -0.15) is 8.78 Å². The van der Waals surface area contributed by atoms with Crippen LogP contribution in [0.4, 0.5) is 20.2 Å². The Morgan fingerprint density at radius 3 is 2.69 bits per heavy atom. The Labute approximate surface area is 175 Å². The number of anilines is 2. The minimum atomic E-state index is -3.94. The van der Waals surface area contributed by atoms with Gasteiger partial charge in [-0.25, -0.2) is 8.42 Å². The Kier molecular flexibility index (Phi) is 8.06. The molecule has 2 aromatic carbocycles. The second-order valence-electron chi connectivity index (χ2n) is 6.55. The summed E-state index contributed by atoms with van der Waals surface area (Å²) in [6, 6.07) is 10.4. The van der Waals surface area contributed by atoms with Gasteiger partial charge in [-0.15, -0.1) is 12.4 Å². The third-order valence-electron chi connectivity index (χ3n) is 4.48. The van der Waals surface area contributed by atoms with Crippen molar-refractivity contribution in [1.29, 1.82) is 0 Å². The van der Waals surface area contributed by atoms with E-state index in [-0.39, 0.29) is 23.1 Å². The van der Waals surface area contributed by atoms with E-state index in [1.54, 1.807) is 12.1 Å². The Hall–Kier alpha value is -2.10. The second-order valence-corrected chi connectivity index (χ2v) is 8.23. The first kappa shape index (κ1) is 23.2. The van der Waals surface area contributed by atoms with Crippen LogP contribution in [0.25, 0.3) is 0 Å². The molecule has 1 aliphatic rings. The van der Waals surface area contributed by atoms with Crippen LogP contribution in [0.15, 0.2) is 47.4 Å². The van der Waals surface area contributed by atoms with Crippen LogP contribution >= 0.6 is 12.4 Å². The van der Waals surface area contributed by atoms with Crippen molar-refractivity contribution in [2.24, 2.45) is 0 Å². The van der Waals surface area contributed by atoms with Crippen molar-refractivity contribution in [3.8, 4) is 5.75 Å². The average Bonchev–Trinajstić information content (AvgIpc) is 2.92. The summed E-state index contributed by atoms with van der Waals surface area (Å²) in [5.74, 6) is -0.209. The monoisotopic (exact) mass is 447 g/mol. The zero-order chi connectivity index (χ0) is 20.1. The van der Waals surface area contributed by atoms with Crippen molar-refractivity contribution in [3.05, 3.63) is 48.0 Å². The highest BCUT2D eigenvalue weighted by Gasteiger charge is 2.18. The van der Waals surface area contributed by atoms with Gasteiger partial charge in [0.2, 0.25) is 0 Å². The number of nitrogens with one attached hydrogen (secondary N) is 2. The number of benzene rings is 2. The molecule has 0 spiro atoms. The van der Waals surface area contributed by atoms with Crippen LogP contribution in [0.2, 0.25) is 0 Å². The Balaban J connectivity index is 0.00000300. The van der Waals surface area contributed by atoms with Gasteiger partial charge in [0.15, 0.2) is 0 Å². The van der Waals surface area contributed by atoms with E-state index in [4.69, 9.17) is 0 Å². The number of alkyl halides is 2. The van der Waals surface area contributed by atoms with Gasteiger partial charge < -0.3 is 15.0 Å². The van der Waals surface area contributed by atoms with Gasteiger partial charge in [-0.05, 0) is 49.7 Å². The van der Waals surface area contributed by atoms with Crippen LogP contribution in [0.1, 0.15) is 12.0 Å². The van der Waals surface area contributed by atoms with Gasteiger partial charge >= 0.3 is 6.61 Å². The van der Waals surface area contributed by atoms with Crippen LogP contribution in [0.5, 0.6) is 5.75 Å². The standard InChI is InChI=1S/C19H23F2N3O3S.ClH/c1-14-6-7-15(12-18(14)24-10-3-8-22-9-11-24)23-28(25,26)17-5-2-4-16(13-17)27-19(20)21;/h2,4-7,12-13,19,22-23H,3,8-11H2,1H3;1H. The summed E-state index contributed by atoms with van der Waals surface area (Å²) in [6.07, 6.45) is 1.01. The smallest absolute Gasteiger partial charge is 0.387 e. The Bertz CT molecular complexity index is 921. The molecule has 0 aromatic heterocycles. The molecule has 2 aromatic rings. The summed E-state index contributed by atoms with van der Waals surface area (Å²) >= 11 is 0. The molecule has 2 N–H and O–H groups in total. The van der Waals surface area contributed by atoms with Crippen LogP contribution in [0, 0.1) is 6.92 Å². The lowest BCUT2D eigenvalue weighted by molar-refractivity contribution is -0.0499. The molecule has 0 atom stereocenters. The molecule has 1 saturated heterocycles. The molecule has 0 radical (unpaired) electrons. The highest BCUT2D eigenvalue weighted by Crippen LogP contribution is 2.27. The SMILES string of the molecule is Cc1ccc(NS(=O)(=O)c2cccc(OC(F)F)c2)cc1N1CCCNCC1.Cl. The summed E-state index contributed by atoms with van der Waals surface area (Å²) in [5, 5.41) is 3.34. The fourth-order valence-corrected chi connectivity index (χ4v) is 4.22. The fraction of sp³-hybridized carbons (Fsp3) is 0.368. The summed E-state index contributed by atoms with van der Waals surface area (Å²) in [4.78, 5) is 2.08. The van der Waals surface area contributed by atoms with E-state index in [1.807, 2.05) is 13.0 Å². The van der Waals surface area contributed by atoms with Crippen molar-refractivity contribution >= 4 is 33.8 Å². The highest BCUT2D eigenvalue weighted by molar-refractivity contribution is 7.92. The zero-order valence-corrected chi connectivity index (χ0v) is 17.5. The summed E-state index contributed by atoms with van der Waals surface area (Å²) in [7, 11) is -3.94. The van der Waals surface area contributed by atoms with Crippen molar-refractivity contribution in [1.82, 2.24) is 5.32 Å². The molecule has 0 bridgehead atoms. The van der Waals surface area contributed by atoms with Gasteiger partial charge in [-0.3, -0.25) is 4.72 Å². The number of sulfonamides is 1. The largest absolute Gasteiger partial charge is 0.435 e. The topological polar surface area (TPSA) is 70.7 Å². The first-order valence-corrected chi connectivity index (χ1v) is 10.5. The molecular weight excluding hydrogens is 424 g/mol. The number of ether oxygens (including phenoxy) is 1. The number of hydrogen-bond donors (Lipinski definition) is 2. The van der Waals surface area contributed by atoms with E-state index in [2.05, 4.69) is 19.7 Å². The van der Waals surface area contributed by atoms with Crippen molar-refractivity contribution in [2.75, 3.05) is 35.8 Å². The summed E-state index contributed by atoms with van der Waals surface area (Å²) < 4.78 is 57.0. The van der Waals surface area contributed by atoms with Crippen LogP contribution < -0.4 is 19.7 Å². The maximum atomic E-state index is 12.7. The lowest BCUT2D eigenvalue weighted by Gasteiger charge is -2.25. The lowest BCUT2D eigenvalue weighted by Crippen LogP contribution is -2.28. The summed E-state index contributed by atoms with van der Waals surface area (Å²) in [6.45, 7) is 2.51. The predicted octanol–water partition coefficient (Wildman–Crippen LogP) is 3.62. The maximum absolute atomic E-state index is 12.7.